The molecular formula is C20H18F4N2O3. The van der Waals surface area contributed by atoms with Gasteiger partial charge in [0.25, 0.3) is 11.8 Å². The number of nitrogens with zero attached hydrogens (tertiary/aromatic N) is 2. The van der Waals surface area contributed by atoms with Crippen molar-refractivity contribution < 1.29 is 31.9 Å². The van der Waals surface area contributed by atoms with Crippen LogP contribution in [0, 0.1) is 5.82 Å². The summed E-state index contributed by atoms with van der Waals surface area (Å²) in [7, 11) is 0. The topological polar surface area (TPSA) is 49.9 Å². The molecule has 0 aromatic heterocycles. The molecule has 2 aromatic carbocycles. The number of benzene rings is 2. The van der Waals surface area contributed by atoms with E-state index in [9.17, 15) is 27.2 Å². The van der Waals surface area contributed by atoms with Crippen molar-refractivity contribution >= 4 is 11.8 Å². The second kappa shape index (κ2) is 8.50. The zero-order valence-corrected chi connectivity index (χ0v) is 15.3. The highest BCUT2D eigenvalue weighted by Gasteiger charge is 2.31. The van der Waals surface area contributed by atoms with Crippen LogP contribution in [0.5, 0.6) is 5.75 Å². The maximum absolute atomic E-state index is 13.9. The van der Waals surface area contributed by atoms with Crippen molar-refractivity contribution in [3.63, 3.8) is 0 Å². The van der Waals surface area contributed by atoms with Crippen LogP contribution < -0.4 is 4.74 Å². The van der Waals surface area contributed by atoms with E-state index < -0.39 is 23.8 Å². The highest BCUT2D eigenvalue weighted by molar-refractivity contribution is 5.95. The first-order chi connectivity index (χ1) is 13.7. The number of hydrogen-bond donors (Lipinski definition) is 0. The van der Waals surface area contributed by atoms with Crippen molar-refractivity contribution in [2.45, 2.75) is 12.8 Å². The molecule has 2 aromatic rings. The van der Waals surface area contributed by atoms with Crippen LogP contribution in [0.25, 0.3) is 0 Å². The molecule has 0 bridgehead atoms. The molecule has 0 radical (unpaired) electrons. The smallest absolute Gasteiger partial charge is 0.406 e. The molecule has 0 unspecified atom stereocenters. The van der Waals surface area contributed by atoms with Crippen LogP contribution >= 0.6 is 0 Å². The predicted molar refractivity (Wildman–Crippen MR) is 95.9 cm³/mol. The van der Waals surface area contributed by atoms with E-state index in [0.29, 0.717) is 19.5 Å². The Morgan fingerprint density at radius 2 is 1.41 bits per heavy atom. The summed E-state index contributed by atoms with van der Waals surface area (Å²) in [5.74, 6) is -1.81. The van der Waals surface area contributed by atoms with Gasteiger partial charge in [0.05, 0.1) is 5.56 Å². The first-order valence-electron chi connectivity index (χ1n) is 8.93. The standard InChI is InChI=1S/C20H18F4N2O3/c21-17-5-2-1-4-16(17)19(28)26-11-3-10-25(12-13-26)18(27)14-6-8-15(9-7-14)29-20(22,23)24/h1-2,4-9H,3,10-13H2. The predicted octanol–water partition coefficient (Wildman–Crippen LogP) is 3.71. The Morgan fingerprint density at radius 1 is 0.828 bits per heavy atom. The van der Waals surface area contributed by atoms with Gasteiger partial charge < -0.3 is 14.5 Å². The molecule has 1 heterocycles. The van der Waals surface area contributed by atoms with Crippen LogP contribution in [0.4, 0.5) is 17.6 Å². The Balaban J connectivity index is 1.64. The number of carbonyl (C=O) groups is 2. The van der Waals surface area contributed by atoms with E-state index in [2.05, 4.69) is 4.74 Å². The second-order valence-corrected chi connectivity index (χ2v) is 6.49. The SMILES string of the molecule is O=C(c1ccc(OC(F)(F)F)cc1)N1CCCN(C(=O)c2ccccc2F)CC1. The van der Waals surface area contributed by atoms with Gasteiger partial charge in [-0.2, -0.15) is 0 Å². The van der Waals surface area contributed by atoms with Gasteiger partial charge in [-0.3, -0.25) is 9.59 Å². The van der Waals surface area contributed by atoms with E-state index in [-0.39, 0.29) is 30.1 Å². The average Bonchev–Trinajstić information content (AvgIpc) is 2.93. The first-order valence-corrected chi connectivity index (χ1v) is 8.93. The molecule has 1 aliphatic heterocycles. The number of amides is 2. The lowest BCUT2D eigenvalue weighted by Crippen LogP contribution is -2.37. The highest BCUT2D eigenvalue weighted by atomic mass is 19.4. The van der Waals surface area contributed by atoms with Crippen molar-refractivity contribution in [3.05, 3.63) is 65.5 Å². The van der Waals surface area contributed by atoms with Gasteiger partial charge in [-0.05, 0) is 42.8 Å². The fraction of sp³-hybridized carbons (Fsp3) is 0.300. The van der Waals surface area contributed by atoms with Crippen LogP contribution in [-0.4, -0.2) is 54.2 Å². The van der Waals surface area contributed by atoms with Crippen LogP contribution in [0.15, 0.2) is 48.5 Å². The fourth-order valence-electron chi connectivity index (χ4n) is 3.11. The van der Waals surface area contributed by atoms with Gasteiger partial charge in [0.2, 0.25) is 0 Å². The van der Waals surface area contributed by atoms with Crippen molar-refractivity contribution in [1.82, 2.24) is 9.80 Å². The van der Waals surface area contributed by atoms with Gasteiger partial charge >= 0.3 is 6.36 Å². The third-order valence-electron chi connectivity index (χ3n) is 4.51. The van der Waals surface area contributed by atoms with E-state index in [4.69, 9.17) is 0 Å². The Labute approximate surface area is 164 Å². The molecule has 0 atom stereocenters. The van der Waals surface area contributed by atoms with Crippen LogP contribution in [0.1, 0.15) is 27.1 Å². The van der Waals surface area contributed by atoms with E-state index in [1.807, 2.05) is 0 Å². The van der Waals surface area contributed by atoms with Crippen molar-refractivity contribution in [1.29, 1.82) is 0 Å². The van der Waals surface area contributed by atoms with E-state index in [1.54, 1.807) is 6.07 Å². The van der Waals surface area contributed by atoms with Crippen molar-refractivity contribution in [2.75, 3.05) is 26.2 Å². The number of ether oxygens (including phenoxy) is 1. The Hall–Kier alpha value is -3.10. The fourth-order valence-corrected chi connectivity index (χ4v) is 3.11. The molecule has 154 valence electrons. The maximum atomic E-state index is 13.9. The van der Waals surface area contributed by atoms with Crippen molar-refractivity contribution in [3.8, 4) is 5.75 Å². The van der Waals surface area contributed by atoms with Crippen LogP contribution in [0.3, 0.4) is 0 Å². The lowest BCUT2D eigenvalue weighted by Gasteiger charge is -2.22. The minimum absolute atomic E-state index is 0.0208. The number of rotatable bonds is 3. The minimum Gasteiger partial charge on any atom is -0.406 e. The number of alkyl halides is 3. The molecule has 3 rings (SSSR count). The molecule has 0 N–H and O–H groups in total. The van der Waals surface area contributed by atoms with E-state index in [0.717, 1.165) is 12.1 Å². The lowest BCUT2D eigenvalue weighted by atomic mass is 10.2. The summed E-state index contributed by atoms with van der Waals surface area (Å²) in [5.41, 5.74) is 0.195. The zero-order chi connectivity index (χ0) is 21.0. The summed E-state index contributed by atoms with van der Waals surface area (Å²) in [5, 5.41) is 0. The molecule has 1 fully saturated rings. The summed E-state index contributed by atoms with van der Waals surface area (Å²) < 4.78 is 54.4. The number of hydrogen-bond acceptors (Lipinski definition) is 3. The molecule has 5 nitrogen and oxygen atoms in total. The largest absolute Gasteiger partial charge is 0.573 e. The number of carbonyl (C=O) groups excluding carboxylic acids is 2. The summed E-state index contributed by atoms with van der Waals surface area (Å²) in [4.78, 5) is 28.2. The second-order valence-electron chi connectivity index (χ2n) is 6.49. The molecule has 1 saturated heterocycles. The van der Waals surface area contributed by atoms with E-state index in [1.165, 1.54) is 40.1 Å². The summed E-state index contributed by atoms with van der Waals surface area (Å²) in [6.45, 7) is 1.21. The van der Waals surface area contributed by atoms with Crippen molar-refractivity contribution in [2.24, 2.45) is 0 Å². The summed E-state index contributed by atoms with van der Waals surface area (Å²) >= 11 is 0. The van der Waals surface area contributed by atoms with Gasteiger partial charge in [0.15, 0.2) is 0 Å². The molecule has 0 aliphatic carbocycles. The third-order valence-corrected chi connectivity index (χ3v) is 4.51. The summed E-state index contributed by atoms with van der Waals surface area (Å²) in [6, 6.07) is 10.4. The molecule has 2 amide bonds. The molecule has 1 aliphatic rings. The van der Waals surface area contributed by atoms with Gasteiger partial charge in [0, 0.05) is 31.7 Å². The van der Waals surface area contributed by atoms with Gasteiger partial charge in [-0.1, -0.05) is 12.1 Å². The van der Waals surface area contributed by atoms with E-state index >= 15 is 0 Å². The van der Waals surface area contributed by atoms with Crippen LogP contribution in [0.2, 0.25) is 0 Å². The molecule has 9 heteroatoms. The van der Waals surface area contributed by atoms with Crippen LogP contribution in [-0.2, 0) is 0 Å². The lowest BCUT2D eigenvalue weighted by molar-refractivity contribution is -0.274. The van der Waals surface area contributed by atoms with Gasteiger partial charge in [-0.25, -0.2) is 4.39 Å². The average molecular weight is 410 g/mol. The Morgan fingerprint density at radius 3 is 2.00 bits per heavy atom. The normalized spacial score (nSPS) is 15.0. The Kier molecular flexibility index (Phi) is 6.05. The molecular weight excluding hydrogens is 392 g/mol. The number of halogens is 4. The van der Waals surface area contributed by atoms with Gasteiger partial charge in [-0.15, -0.1) is 13.2 Å². The first kappa shape index (κ1) is 20.6. The third kappa shape index (κ3) is 5.24. The monoisotopic (exact) mass is 410 g/mol. The molecule has 0 saturated carbocycles. The minimum atomic E-state index is -4.80. The zero-order valence-electron chi connectivity index (χ0n) is 15.3. The summed E-state index contributed by atoms with van der Waals surface area (Å²) in [6.07, 6.45) is -4.30. The highest BCUT2D eigenvalue weighted by Crippen LogP contribution is 2.23. The van der Waals surface area contributed by atoms with Gasteiger partial charge in [0.1, 0.15) is 11.6 Å². The molecule has 0 spiro atoms. The quantitative estimate of drug-likeness (QED) is 0.725. The maximum Gasteiger partial charge on any atom is 0.573 e. The Bertz CT molecular complexity index is 884. The molecule has 29 heavy (non-hydrogen) atoms.